The van der Waals surface area contributed by atoms with E-state index < -0.39 is 17.2 Å². The Kier molecular flexibility index (Phi) is 4.47. The number of rotatable bonds is 4. The van der Waals surface area contributed by atoms with Gasteiger partial charge in [-0.1, -0.05) is 12.1 Å². The molecular weight excluding hydrogens is 369 g/mol. The molecule has 5 rings (SSSR count). The maximum absolute atomic E-state index is 13.1. The Bertz CT molecular complexity index is 791. The number of hydrogen-bond donors (Lipinski definition) is 2. The van der Waals surface area contributed by atoms with E-state index >= 15 is 0 Å². The summed E-state index contributed by atoms with van der Waals surface area (Å²) in [5.41, 5.74) is -1.10. The van der Waals surface area contributed by atoms with Crippen LogP contribution in [0.3, 0.4) is 0 Å². The predicted octanol–water partition coefficient (Wildman–Crippen LogP) is 3.80. The van der Waals surface area contributed by atoms with Gasteiger partial charge in [0.25, 0.3) is 0 Å². The number of hydrogen-bond acceptors (Lipinski definition) is 2. The molecular formula is C21H25F3N2O2. The summed E-state index contributed by atoms with van der Waals surface area (Å²) in [4.78, 5) is 24.9. The Hall–Kier alpha value is -2.05. The quantitative estimate of drug-likeness (QED) is 0.816. The third kappa shape index (κ3) is 3.51. The van der Waals surface area contributed by atoms with Crippen LogP contribution in [0, 0.1) is 17.3 Å². The first-order valence-electron chi connectivity index (χ1n) is 9.82. The maximum atomic E-state index is 13.1. The van der Waals surface area contributed by atoms with Crippen molar-refractivity contribution in [1.29, 1.82) is 0 Å². The molecule has 4 aliphatic carbocycles. The van der Waals surface area contributed by atoms with Gasteiger partial charge in [0.05, 0.1) is 11.0 Å². The zero-order valence-electron chi connectivity index (χ0n) is 15.9. The van der Waals surface area contributed by atoms with Gasteiger partial charge in [-0.2, -0.15) is 13.2 Å². The monoisotopic (exact) mass is 394 g/mol. The molecule has 0 saturated heterocycles. The first-order valence-corrected chi connectivity index (χ1v) is 9.82. The summed E-state index contributed by atoms with van der Waals surface area (Å²) in [5, 5.41) is 6.01. The molecule has 0 aliphatic heterocycles. The Balaban J connectivity index is 1.48. The van der Waals surface area contributed by atoms with Crippen LogP contribution in [0.1, 0.15) is 56.6 Å². The van der Waals surface area contributed by atoms with E-state index in [-0.39, 0.29) is 23.9 Å². The standard InChI is InChI=1S/C21H25F3N2O2/c1-13(27)26-20-9-15-5-16(10-20)8-19(7-15,12-20)18(28)25-11-14-3-2-4-17(6-14)21(22,23)24/h2-4,6,15-16H,5,7-12H2,1H3,(H,25,28)(H,26,27)/t15-,16-,19?,20?/m1/s1. The van der Waals surface area contributed by atoms with E-state index in [1.807, 2.05) is 0 Å². The highest BCUT2D eigenvalue weighted by atomic mass is 19.4. The van der Waals surface area contributed by atoms with Gasteiger partial charge in [0.2, 0.25) is 11.8 Å². The minimum Gasteiger partial charge on any atom is -0.352 e. The van der Waals surface area contributed by atoms with Gasteiger partial charge < -0.3 is 10.6 Å². The number of halogens is 3. The molecule has 1 aromatic carbocycles. The van der Waals surface area contributed by atoms with E-state index in [1.165, 1.54) is 13.0 Å². The van der Waals surface area contributed by atoms with E-state index in [4.69, 9.17) is 0 Å². The summed E-state index contributed by atoms with van der Waals surface area (Å²) in [5.74, 6) is 0.690. The molecule has 7 heteroatoms. The molecule has 4 saturated carbocycles. The summed E-state index contributed by atoms with van der Waals surface area (Å²) in [6.45, 7) is 1.59. The first-order chi connectivity index (χ1) is 13.1. The molecule has 2 atom stereocenters. The molecule has 0 spiro atoms. The molecule has 0 aromatic heterocycles. The number of amides is 2. The average Bonchev–Trinajstić information content (AvgIpc) is 2.56. The van der Waals surface area contributed by atoms with E-state index in [2.05, 4.69) is 10.6 Å². The SMILES string of the molecule is CC(=O)NC12C[C@@H]3C[C@@H](C1)CC(C(=O)NCc1cccc(C(F)(F)F)c1)(C3)C2. The Morgan fingerprint density at radius 2 is 1.82 bits per heavy atom. The second-order valence-corrected chi connectivity index (χ2v) is 9.08. The van der Waals surface area contributed by atoms with Crippen molar-refractivity contribution in [2.45, 2.75) is 63.7 Å². The van der Waals surface area contributed by atoms with Crippen LogP contribution in [0.15, 0.2) is 24.3 Å². The molecule has 0 radical (unpaired) electrons. The second-order valence-electron chi connectivity index (χ2n) is 9.08. The minimum atomic E-state index is -4.40. The zero-order chi connectivity index (χ0) is 20.2. The summed E-state index contributed by atoms with van der Waals surface area (Å²) >= 11 is 0. The summed E-state index contributed by atoms with van der Waals surface area (Å²) < 4.78 is 38.7. The van der Waals surface area contributed by atoms with Gasteiger partial charge in [-0.05, 0) is 68.1 Å². The van der Waals surface area contributed by atoms with Gasteiger partial charge in [0.15, 0.2) is 0 Å². The minimum absolute atomic E-state index is 0.0681. The highest BCUT2D eigenvalue weighted by molar-refractivity contribution is 5.84. The Labute approximate surface area is 162 Å². The smallest absolute Gasteiger partial charge is 0.352 e. The van der Waals surface area contributed by atoms with Crippen LogP contribution in [0.25, 0.3) is 0 Å². The Morgan fingerprint density at radius 3 is 2.43 bits per heavy atom. The van der Waals surface area contributed by atoms with E-state index in [1.54, 1.807) is 6.07 Å². The molecule has 2 N–H and O–H groups in total. The molecule has 2 amide bonds. The van der Waals surface area contributed by atoms with E-state index in [9.17, 15) is 22.8 Å². The van der Waals surface area contributed by atoms with Crippen LogP contribution in [-0.2, 0) is 22.3 Å². The topological polar surface area (TPSA) is 58.2 Å². The van der Waals surface area contributed by atoms with Crippen LogP contribution in [0.5, 0.6) is 0 Å². The lowest BCUT2D eigenvalue weighted by Gasteiger charge is -2.61. The second kappa shape index (κ2) is 6.49. The highest BCUT2D eigenvalue weighted by Crippen LogP contribution is 2.61. The van der Waals surface area contributed by atoms with Crippen LogP contribution < -0.4 is 10.6 Å². The third-order valence-electron chi connectivity index (χ3n) is 6.69. The van der Waals surface area contributed by atoms with Crippen molar-refractivity contribution in [1.82, 2.24) is 10.6 Å². The van der Waals surface area contributed by atoms with Crippen LogP contribution in [-0.4, -0.2) is 17.4 Å². The normalized spacial score (nSPS) is 33.6. The molecule has 0 heterocycles. The van der Waals surface area contributed by atoms with Crippen molar-refractivity contribution < 1.29 is 22.8 Å². The van der Waals surface area contributed by atoms with Gasteiger partial charge in [0, 0.05) is 19.0 Å². The number of carbonyl (C=O) groups is 2. The molecule has 4 bridgehead atoms. The van der Waals surface area contributed by atoms with E-state index in [0.717, 1.165) is 44.2 Å². The number of nitrogens with one attached hydrogen (secondary N) is 2. The van der Waals surface area contributed by atoms with Gasteiger partial charge >= 0.3 is 6.18 Å². The van der Waals surface area contributed by atoms with Gasteiger partial charge in [-0.25, -0.2) is 0 Å². The number of carbonyl (C=O) groups excluding carboxylic acids is 2. The summed E-state index contributed by atoms with van der Waals surface area (Å²) in [7, 11) is 0. The van der Waals surface area contributed by atoms with Crippen molar-refractivity contribution in [3.8, 4) is 0 Å². The fourth-order valence-electron chi connectivity index (χ4n) is 6.28. The summed E-state index contributed by atoms with van der Waals surface area (Å²) in [6.07, 6.45) is 0.783. The number of alkyl halides is 3. The third-order valence-corrected chi connectivity index (χ3v) is 6.69. The molecule has 28 heavy (non-hydrogen) atoms. The first kappa shape index (κ1) is 19.3. The maximum Gasteiger partial charge on any atom is 0.416 e. The number of benzene rings is 1. The van der Waals surface area contributed by atoms with Crippen LogP contribution in [0.2, 0.25) is 0 Å². The summed E-state index contributed by atoms with van der Waals surface area (Å²) in [6, 6.07) is 5.06. The average molecular weight is 394 g/mol. The molecule has 4 aliphatic rings. The molecule has 0 unspecified atom stereocenters. The van der Waals surface area contributed by atoms with Gasteiger partial charge in [-0.3, -0.25) is 9.59 Å². The van der Waals surface area contributed by atoms with Crippen molar-refractivity contribution in [3.05, 3.63) is 35.4 Å². The van der Waals surface area contributed by atoms with Gasteiger partial charge in [0.1, 0.15) is 0 Å². The largest absolute Gasteiger partial charge is 0.416 e. The Morgan fingerprint density at radius 1 is 1.14 bits per heavy atom. The highest BCUT2D eigenvalue weighted by Gasteiger charge is 2.60. The lowest BCUT2D eigenvalue weighted by molar-refractivity contribution is -0.153. The lowest BCUT2D eigenvalue weighted by Crippen LogP contribution is -2.65. The van der Waals surface area contributed by atoms with Crippen molar-refractivity contribution in [2.24, 2.45) is 17.3 Å². The van der Waals surface area contributed by atoms with Crippen molar-refractivity contribution >= 4 is 11.8 Å². The molecule has 4 nitrogen and oxygen atoms in total. The predicted molar refractivity (Wildman–Crippen MR) is 97.0 cm³/mol. The zero-order valence-corrected chi connectivity index (χ0v) is 15.9. The van der Waals surface area contributed by atoms with Crippen LogP contribution >= 0.6 is 0 Å². The fourth-order valence-corrected chi connectivity index (χ4v) is 6.28. The van der Waals surface area contributed by atoms with Crippen molar-refractivity contribution in [3.63, 3.8) is 0 Å². The molecule has 1 aromatic rings. The van der Waals surface area contributed by atoms with Crippen molar-refractivity contribution in [2.75, 3.05) is 0 Å². The van der Waals surface area contributed by atoms with Crippen LogP contribution in [0.4, 0.5) is 13.2 Å². The molecule has 152 valence electrons. The fraction of sp³-hybridized carbons (Fsp3) is 0.619. The lowest BCUT2D eigenvalue weighted by atomic mass is 9.46. The molecule has 4 fully saturated rings. The van der Waals surface area contributed by atoms with Gasteiger partial charge in [-0.15, -0.1) is 0 Å². The van der Waals surface area contributed by atoms with E-state index in [0.29, 0.717) is 23.8 Å².